The summed E-state index contributed by atoms with van der Waals surface area (Å²) in [7, 11) is 0. The largest absolute Gasteiger partial charge is 0.475 e. The topological polar surface area (TPSA) is 46.6 Å². The van der Waals surface area contributed by atoms with Crippen LogP contribution < -0.4 is 0 Å². The van der Waals surface area contributed by atoms with E-state index in [2.05, 4.69) is 12.2 Å². The van der Waals surface area contributed by atoms with E-state index < -0.39 is 0 Å². The summed E-state index contributed by atoms with van der Waals surface area (Å²) in [6, 6.07) is 7.04. The number of carbonyl (C=O) groups is 2. The second-order valence-corrected chi connectivity index (χ2v) is 7.16. The summed E-state index contributed by atoms with van der Waals surface area (Å²) in [5.41, 5.74) is 1.07. The van der Waals surface area contributed by atoms with E-state index in [9.17, 15) is 9.59 Å². The van der Waals surface area contributed by atoms with Gasteiger partial charge in [0, 0.05) is 6.54 Å². The summed E-state index contributed by atoms with van der Waals surface area (Å²) in [6.07, 6.45) is 8.68. The van der Waals surface area contributed by atoms with Crippen LogP contribution in [0.1, 0.15) is 72.1 Å². The summed E-state index contributed by atoms with van der Waals surface area (Å²) in [6.45, 7) is 1.12. The summed E-state index contributed by atoms with van der Waals surface area (Å²) in [5, 5.41) is 0. The molecule has 0 atom stereocenters. The van der Waals surface area contributed by atoms with Crippen molar-refractivity contribution in [1.82, 2.24) is 4.90 Å². The van der Waals surface area contributed by atoms with Gasteiger partial charge in [-0.1, -0.05) is 50.7 Å². The van der Waals surface area contributed by atoms with Gasteiger partial charge in [0.05, 0.1) is 17.7 Å². The number of imide groups is 1. The molecule has 0 saturated carbocycles. The minimum absolute atomic E-state index is 0.0954. The van der Waals surface area contributed by atoms with Gasteiger partial charge in [-0.3, -0.25) is 14.5 Å². The Labute approximate surface area is 159 Å². The fourth-order valence-corrected chi connectivity index (χ4v) is 3.19. The quantitative estimate of drug-likeness (QED) is 0.235. The van der Waals surface area contributed by atoms with Crippen molar-refractivity contribution in [3.63, 3.8) is 0 Å². The summed E-state index contributed by atoms with van der Waals surface area (Å²) in [5.74, 6) is -0.307. The molecule has 0 aliphatic carbocycles. The predicted molar refractivity (Wildman–Crippen MR) is 103 cm³/mol. The Morgan fingerprint density at radius 1 is 0.880 bits per heavy atom. The van der Waals surface area contributed by atoms with Crippen molar-refractivity contribution in [1.29, 1.82) is 0 Å². The van der Waals surface area contributed by atoms with Gasteiger partial charge in [0.2, 0.25) is 0 Å². The molecule has 0 radical (unpaired) electrons. The van der Waals surface area contributed by atoms with Crippen LogP contribution in [0.2, 0.25) is 0 Å². The molecular weight excluding hydrogens is 358 g/mol. The number of hydrogen-bond donors (Lipinski definition) is 0. The van der Waals surface area contributed by atoms with E-state index >= 15 is 0 Å². The van der Waals surface area contributed by atoms with Gasteiger partial charge in [-0.25, -0.2) is 0 Å². The average molecular weight is 382 g/mol. The van der Waals surface area contributed by atoms with Crippen molar-refractivity contribution < 1.29 is 14.3 Å². The molecule has 0 fully saturated rings. The van der Waals surface area contributed by atoms with Crippen LogP contribution in [0.5, 0.6) is 0 Å². The van der Waals surface area contributed by atoms with Gasteiger partial charge >= 0.3 is 0 Å². The number of benzene rings is 1. The maximum atomic E-state index is 12.2. The van der Waals surface area contributed by atoms with E-state index in [0.29, 0.717) is 24.3 Å². The lowest BCUT2D eigenvalue weighted by molar-refractivity contribution is 0.0651. The van der Waals surface area contributed by atoms with E-state index in [1.165, 1.54) is 24.2 Å². The molecule has 0 saturated heterocycles. The molecule has 2 rings (SSSR count). The number of halogens is 1. The number of hydrogen-bond acceptors (Lipinski definition) is 4. The highest BCUT2D eigenvalue weighted by Crippen LogP contribution is 2.22. The number of amides is 2. The molecule has 0 bridgehead atoms. The van der Waals surface area contributed by atoms with E-state index in [1.54, 1.807) is 24.3 Å². The Morgan fingerprint density at radius 2 is 1.36 bits per heavy atom. The van der Waals surface area contributed by atoms with Crippen LogP contribution in [0.15, 0.2) is 24.3 Å². The fraction of sp³-hybridized carbons (Fsp3) is 0.526. The maximum Gasteiger partial charge on any atom is 0.261 e. The van der Waals surface area contributed by atoms with Crippen LogP contribution in [-0.4, -0.2) is 34.4 Å². The Kier molecular flexibility index (Phi) is 8.35. The van der Waals surface area contributed by atoms with E-state index in [4.69, 9.17) is 16.3 Å². The molecule has 1 aromatic carbocycles. The standard InChI is InChI=1S/C19H24ClNO3S/c20-19(25)24-14-10-6-4-2-1-3-5-9-13-21-17(22)15-11-7-8-12-16(15)18(21)23/h7-8,11-12H,1-6,9-10,13-14H2. The lowest BCUT2D eigenvalue weighted by Gasteiger charge is -2.13. The van der Waals surface area contributed by atoms with Crippen LogP contribution in [-0.2, 0) is 4.74 Å². The minimum atomic E-state index is -0.153. The first-order valence-electron chi connectivity index (χ1n) is 8.88. The summed E-state index contributed by atoms with van der Waals surface area (Å²) in [4.78, 5) is 25.8. The summed E-state index contributed by atoms with van der Waals surface area (Å²) >= 11 is 10.1. The number of nitrogens with zero attached hydrogens (tertiary/aromatic N) is 1. The number of ether oxygens (including phenoxy) is 1. The van der Waals surface area contributed by atoms with Crippen LogP contribution in [0.4, 0.5) is 0 Å². The van der Waals surface area contributed by atoms with Gasteiger partial charge in [0.15, 0.2) is 0 Å². The molecule has 1 aliphatic heterocycles. The van der Waals surface area contributed by atoms with Gasteiger partial charge in [-0.2, -0.15) is 0 Å². The zero-order valence-corrected chi connectivity index (χ0v) is 15.9. The Balaban J connectivity index is 1.51. The number of thiocarbonyl (C=S) groups is 1. The van der Waals surface area contributed by atoms with Gasteiger partial charge in [-0.15, -0.1) is 0 Å². The average Bonchev–Trinajstić information content (AvgIpc) is 2.84. The first kappa shape index (κ1) is 19.9. The van der Waals surface area contributed by atoms with Crippen molar-refractivity contribution in [2.24, 2.45) is 0 Å². The Bertz CT molecular complexity index is 585. The molecule has 0 aromatic heterocycles. The highest BCUT2D eigenvalue weighted by molar-refractivity contribution is 7.82. The normalized spacial score (nSPS) is 13.2. The lowest BCUT2D eigenvalue weighted by Crippen LogP contribution is -2.30. The molecule has 1 aliphatic rings. The monoisotopic (exact) mass is 381 g/mol. The number of unbranched alkanes of at least 4 members (excludes halogenated alkanes) is 7. The highest BCUT2D eigenvalue weighted by Gasteiger charge is 2.34. The van der Waals surface area contributed by atoms with Gasteiger partial charge < -0.3 is 4.74 Å². The second kappa shape index (κ2) is 10.5. The third-order valence-electron chi connectivity index (χ3n) is 4.37. The molecule has 1 heterocycles. The molecule has 0 unspecified atom stereocenters. The SMILES string of the molecule is O=C1c2ccccc2C(=O)N1CCCCCCCCCCOC(=S)Cl. The number of fused-ring (bicyclic) bond motifs is 1. The third-order valence-corrected chi connectivity index (χ3v) is 4.60. The zero-order chi connectivity index (χ0) is 18.1. The molecule has 6 heteroatoms. The lowest BCUT2D eigenvalue weighted by atomic mass is 10.1. The molecule has 0 N–H and O–H groups in total. The molecule has 0 spiro atoms. The van der Waals surface area contributed by atoms with Crippen LogP contribution >= 0.6 is 23.8 Å². The number of carbonyl (C=O) groups excluding carboxylic acids is 2. The molecule has 1 aromatic rings. The van der Waals surface area contributed by atoms with E-state index in [1.807, 2.05) is 0 Å². The second-order valence-electron chi connectivity index (χ2n) is 6.22. The van der Waals surface area contributed by atoms with Crippen molar-refractivity contribution in [2.75, 3.05) is 13.2 Å². The van der Waals surface area contributed by atoms with Crippen molar-refractivity contribution in [3.8, 4) is 0 Å². The van der Waals surface area contributed by atoms with Crippen LogP contribution in [0.25, 0.3) is 0 Å². The van der Waals surface area contributed by atoms with Crippen molar-refractivity contribution >= 4 is 40.1 Å². The highest BCUT2D eigenvalue weighted by atomic mass is 35.5. The fourth-order valence-electron chi connectivity index (χ4n) is 3.03. The van der Waals surface area contributed by atoms with Gasteiger partial charge in [-0.05, 0) is 48.8 Å². The minimum Gasteiger partial charge on any atom is -0.475 e. The van der Waals surface area contributed by atoms with Crippen LogP contribution in [0, 0.1) is 0 Å². The predicted octanol–water partition coefficient (Wildman–Crippen LogP) is 4.94. The molecular formula is C19H24ClNO3S. The van der Waals surface area contributed by atoms with Crippen molar-refractivity contribution in [2.45, 2.75) is 51.4 Å². The Morgan fingerprint density at radius 3 is 1.88 bits per heavy atom. The van der Waals surface area contributed by atoms with Gasteiger partial charge in [0.1, 0.15) is 0 Å². The smallest absolute Gasteiger partial charge is 0.261 e. The summed E-state index contributed by atoms with van der Waals surface area (Å²) < 4.78 is 5.12. The molecule has 136 valence electrons. The molecule has 4 nitrogen and oxygen atoms in total. The molecule has 25 heavy (non-hydrogen) atoms. The third kappa shape index (κ3) is 6.08. The van der Waals surface area contributed by atoms with Crippen LogP contribution in [0.3, 0.4) is 0 Å². The van der Waals surface area contributed by atoms with Gasteiger partial charge in [0.25, 0.3) is 16.3 Å². The van der Waals surface area contributed by atoms with E-state index in [-0.39, 0.29) is 16.3 Å². The molecule has 2 amide bonds. The maximum absolute atomic E-state index is 12.2. The Hall–Kier alpha value is -1.46. The first-order chi connectivity index (χ1) is 12.1. The zero-order valence-electron chi connectivity index (χ0n) is 14.3. The van der Waals surface area contributed by atoms with Crippen molar-refractivity contribution in [3.05, 3.63) is 35.4 Å². The van der Waals surface area contributed by atoms with E-state index in [0.717, 1.165) is 32.1 Å². The number of rotatable bonds is 11. The first-order valence-corrected chi connectivity index (χ1v) is 9.67.